The van der Waals surface area contributed by atoms with Crippen molar-refractivity contribution < 1.29 is 4.58 Å². The van der Waals surface area contributed by atoms with Gasteiger partial charge in [0.15, 0.2) is 17.5 Å². The van der Waals surface area contributed by atoms with E-state index in [1.807, 2.05) is 0 Å². The molecule has 3 aromatic carbocycles. The van der Waals surface area contributed by atoms with E-state index >= 15 is 0 Å². The minimum atomic E-state index is -0.0167. The summed E-state index contributed by atoms with van der Waals surface area (Å²) < 4.78 is 2.84. The van der Waals surface area contributed by atoms with E-state index < -0.39 is 0 Å². The van der Waals surface area contributed by atoms with Crippen LogP contribution in [-0.2, 0) is 5.41 Å². The third kappa shape index (κ3) is 5.07. The molecule has 0 spiro atoms. The molecule has 1 aliphatic carbocycles. The molecule has 0 saturated heterocycles. The number of hydrogen-bond acceptors (Lipinski definition) is 0. The number of allylic oxidation sites excluding steroid dienone is 1. The molecule has 1 fully saturated rings. The molecule has 0 N–H and O–H groups in total. The zero-order valence-corrected chi connectivity index (χ0v) is 30.3. The Hall–Kier alpha value is -2.93. The number of rotatable bonds is 10. The first-order valence-corrected chi connectivity index (χ1v) is 19.0. The SMILES string of the molecule is CCCC(CC)c1cccc(C2CCCCC2)c1C1=C[N+]2=C(c3c(-c4ccccc4C)cccc3C(C)(CC)C2(C)CC)C1CC. The molecule has 1 heteroatoms. The Morgan fingerprint density at radius 1 is 0.783 bits per heavy atom. The van der Waals surface area contributed by atoms with E-state index in [0.717, 1.165) is 19.3 Å². The molecule has 6 rings (SSSR count). The summed E-state index contributed by atoms with van der Waals surface area (Å²) in [6.07, 6.45) is 16.6. The summed E-state index contributed by atoms with van der Waals surface area (Å²) >= 11 is 0. The van der Waals surface area contributed by atoms with Crippen LogP contribution in [0.1, 0.15) is 164 Å². The third-order valence-corrected chi connectivity index (χ3v) is 13.1. The second kappa shape index (κ2) is 13.3. The van der Waals surface area contributed by atoms with Crippen molar-refractivity contribution in [1.82, 2.24) is 0 Å². The molecule has 0 radical (unpaired) electrons. The molecule has 4 atom stereocenters. The van der Waals surface area contributed by atoms with Gasteiger partial charge in [-0.15, -0.1) is 0 Å². The van der Waals surface area contributed by atoms with Gasteiger partial charge in [-0.1, -0.05) is 121 Å². The minimum Gasteiger partial charge on any atom is -0.195 e. The van der Waals surface area contributed by atoms with Crippen LogP contribution in [0.2, 0.25) is 0 Å². The highest BCUT2D eigenvalue weighted by Gasteiger charge is 2.60. The smallest absolute Gasteiger partial charge is 0.195 e. The summed E-state index contributed by atoms with van der Waals surface area (Å²) in [6, 6.07) is 23.8. The molecule has 0 bridgehead atoms. The Bertz CT molecular complexity index is 1610. The van der Waals surface area contributed by atoms with Crippen molar-refractivity contribution >= 4 is 11.3 Å². The maximum absolute atomic E-state index is 2.84. The van der Waals surface area contributed by atoms with Gasteiger partial charge in [-0.25, -0.2) is 0 Å². The normalized spacial score (nSPS) is 25.3. The van der Waals surface area contributed by atoms with Crippen LogP contribution in [0.3, 0.4) is 0 Å². The zero-order valence-electron chi connectivity index (χ0n) is 30.3. The van der Waals surface area contributed by atoms with Crippen molar-refractivity contribution in [3.8, 4) is 11.1 Å². The number of fused-ring (bicyclic) bond motifs is 2. The summed E-state index contributed by atoms with van der Waals surface area (Å²) in [6.45, 7) is 19.5. The van der Waals surface area contributed by atoms with Crippen LogP contribution in [0.15, 0.2) is 66.9 Å². The van der Waals surface area contributed by atoms with E-state index in [1.54, 1.807) is 33.5 Å². The van der Waals surface area contributed by atoms with Crippen molar-refractivity contribution in [2.45, 2.75) is 149 Å². The fourth-order valence-electron chi connectivity index (χ4n) is 9.99. The van der Waals surface area contributed by atoms with Crippen LogP contribution in [0.4, 0.5) is 0 Å². The highest BCUT2D eigenvalue weighted by molar-refractivity contribution is 6.13. The zero-order chi connectivity index (χ0) is 32.6. The maximum atomic E-state index is 2.84. The molecule has 0 amide bonds. The predicted molar refractivity (Wildman–Crippen MR) is 199 cm³/mol. The van der Waals surface area contributed by atoms with Gasteiger partial charge in [0.25, 0.3) is 0 Å². The highest BCUT2D eigenvalue weighted by Crippen LogP contribution is 2.55. The van der Waals surface area contributed by atoms with E-state index in [9.17, 15) is 0 Å². The van der Waals surface area contributed by atoms with E-state index in [0.29, 0.717) is 17.8 Å². The lowest BCUT2D eigenvalue weighted by Crippen LogP contribution is -2.58. The summed E-state index contributed by atoms with van der Waals surface area (Å²) in [5, 5.41) is 0. The molecular weight excluding hydrogens is 555 g/mol. The molecule has 3 aromatic rings. The molecule has 46 heavy (non-hydrogen) atoms. The van der Waals surface area contributed by atoms with Gasteiger partial charge in [0.1, 0.15) is 0 Å². The fourth-order valence-corrected chi connectivity index (χ4v) is 9.99. The highest BCUT2D eigenvalue weighted by atomic mass is 15.1. The first-order valence-electron chi connectivity index (χ1n) is 19.0. The number of nitrogens with zero attached hydrogens (tertiary/aromatic N) is 1. The molecule has 4 unspecified atom stereocenters. The van der Waals surface area contributed by atoms with Crippen LogP contribution < -0.4 is 0 Å². The standard InChI is InChI=1S/C45H60N/c1-9-21-32(10-2)36-26-19-27-37(33-23-15-14-16-24-33)41(36)39-30-46-43(34(39)11-3)42-38(35-25-18-17-22-31(35)6)28-20-29-40(42)44(7,12-4)45(46,8)13-5/h17-20,22,25-30,32-34H,9-16,21,23-24H2,1-8H3/q+1. The maximum Gasteiger partial charge on any atom is 0.197 e. The average Bonchev–Trinajstić information content (AvgIpc) is 3.49. The van der Waals surface area contributed by atoms with Crippen molar-refractivity contribution in [1.29, 1.82) is 0 Å². The average molecular weight is 615 g/mol. The quantitative estimate of drug-likeness (QED) is 0.200. The molecule has 2 heterocycles. The van der Waals surface area contributed by atoms with Crippen LogP contribution in [0.25, 0.3) is 16.7 Å². The van der Waals surface area contributed by atoms with Gasteiger partial charge < -0.3 is 0 Å². The Morgan fingerprint density at radius 2 is 1.50 bits per heavy atom. The molecule has 2 aliphatic heterocycles. The fraction of sp³-hybridized carbons (Fsp3) is 0.533. The Labute approximate surface area is 281 Å². The monoisotopic (exact) mass is 614 g/mol. The number of benzene rings is 3. The Kier molecular flexibility index (Phi) is 9.53. The van der Waals surface area contributed by atoms with Crippen LogP contribution >= 0.6 is 0 Å². The topological polar surface area (TPSA) is 3.01 Å². The first-order chi connectivity index (χ1) is 22.3. The molecular formula is C45H60N+. The number of hydrogen-bond donors (Lipinski definition) is 0. The van der Waals surface area contributed by atoms with Crippen molar-refractivity contribution in [2.75, 3.05) is 0 Å². The lowest BCUT2D eigenvalue weighted by atomic mass is 9.59. The van der Waals surface area contributed by atoms with Gasteiger partial charge in [-0.2, -0.15) is 4.58 Å². The first kappa shape index (κ1) is 33.0. The summed E-state index contributed by atoms with van der Waals surface area (Å²) in [5.41, 5.74) is 15.3. The minimum absolute atomic E-state index is 0.0167. The van der Waals surface area contributed by atoms with Crippen LogP contribution in [0.5, 0.6) is 0 Å². The van der Waals surface area contributed by atoms with E-state index in [4.69, 9.17) is 0 Å². The molecule has 244 valence electrons. The van der Waals surface area contributed by atoms with E-state index in [1.165, 1.54) is 73.6 Å². The molecule has 1 nitrogen and oxygen atoms in total. The second-order valence-electron chi connectivity index (χ2n) is 15.2. The largest absolute Gasteiger partial charge is 0.197 e. The van der Waals surface area contributed by atoms with E-state index in [-0.39, 0.29) is 11.0 Å². The van der Waals surface area contributed by atoms with Gasteiger partial charge >= 0.3 is 0 Å². The van der Waals surface area contributed by atoms with Gasteiger partial charge in [0.05, 0.1) is 16.9 Å². The summed E-state index contributed by atoms with van der Waals surface area (Å²) in [7, 11) is 0. The molecule has 1 saturated carbocycles. The lowest BCUT2D eigenvalue weighted by molar-refractivity contribution is -0.560. The molecule has 3 aliphatic rings. The van der Waals surface area contributed by atoms with Crippen molar-refractivity contribution in [2.24, 2.45) is 5.92 Å². The van der Waals surface area contributed by atoms with Crippen molar-refractivity contribution in [3.63, 3.8) is 0 Å². The Morgan fingerprint density at radius 3 is 2.15 bits per heavy atom. The van der Waals surface area contributed by atoms with Crippen LogP contribution in [0, 0.1) is 12.8 Å². The van der Waals surface area contributed by atoms with Gasteiger partial charge in [-0.3, -0.25) is 0 Å². The lowest BCUT2D eigenvalue weighted by Gasteiger charge is -2.46. The number of aryl methyl sites for hydroxylation is 1. The predicted octanol–water partition coefficient (Wildman–Crippen LogP) is 12.7. The van der Waals surface area contributed by atoms with Gasteiger partial charge in [0.2, 0.25) is 0 Å². The van der Waals surface area contributed by atoms with Crippen molar-refractivity contribution in [3.05, 3.63) is 100 Å². The van der Waals surface area contributed by atoms with E-state index in [2.05, 4.69) is 127 Å². The third-order valence-electron chi connectivity index (χ3n) is 13.1. The summed E-state index contributed by atoms with van der Waals surface area (Å²) in [5.74, 6) is 1.66. The van der Waals surface area contributed by atoms with Gasteiger partial charge in [-0.05, 0) is 103 Å². The second-order valence-corrected chi connectivity index (χ2v) is 15.2. The van der Waals surface area contributed by atoms with Crippen LogP contribution in [-0.4, -0.2) is 15.8 Å². The Balaban J connectivity index is 1.66. The van der Waals surface area contributed by atoms with Gasteiger partial charge in [0, 0.05) is 18.9 Å². The molecule has 0 aromatic heterocycles. The summed E-state index contributed by atoms with van der Waals surface area (Å²) in [4.78, 5) is 0.